The van der Waals surface area contributed by atoms with Crippen molar-refractivity contribution in [2.24, 2.45) is 11.8 Å². The van der Waals surface area contributed by atoms with E-state index >= 15 is 0 Å². The fourth-order valence-corrected chi connectivity index (χ4v) is 5.17. The van der Waals surface area contributed by atoms with Crippen molar-refractivity contribution >= 4 is 11.8 Å². The van der Waals surface area contributed by atoms with Gasteiger partial charge in [-0.2, -0.15) is 0 Å². The molecule has 2 aliphatic rings. The Hall–Kier alpha value is -2.86. The number of carbonyl (C=O) groups excluding carboxylic acids is 2. The second-order valence-corrected chi connectivity index (χ2v) is 9.76. The molecule has 2 heterocycles. The predicted molar refractivity (Wildman–Crippen MR) is 134 cm³/mol. The molecule has 2 aromatic carbocycles. The molecule has 6 heteroatoms. The highest BCUT2D eigenvalue weighted by molar-refractivity contribution is 5.98. The second kappa shape index (κ2) is 11.5. The van der Waals surface area contributed by atoms with Gasteiger partial charge in [0.1, 0.15) is 5.75 Å². The number of ether oxygens (including phenoxy) is 1. The van der Waals surface area contributed by atoms with Crippen LogP contribution in [0.25, 0.3) is 0 Å². The molecule has 0 spiro atoms. The van der Waals surface area contributed by atoms with Crippen molar-refractivity contribution in [3.05, 3.63) is 65.2 Å². The fraction of sp³-hybridized carbons (Fsp3) is 0.500. The average Bonchev–Trinajstić information content (AvgIpc) is 2.88. The van der Waals surface area contributed by atoms with Crippen LogP contribution in [0.2, 0.25) is 0 Å². The third-order valence-corrected chi connectivity index (χ3v) is 7.21. The molecule has 2 fully saturated rings. The smallest absolute Gasteiger partial charge is 0.317 e. The molecule has 0 radical (unpaired) electrons. The van der Waals surface area contributed by atoms with Crippen molar-refractivity contribution in [2.75, 3.05) is 33.3 Å². The molecule has 4 rings (SSSR count). The number of carbonyl (C=O) groups is 2. The molecule has 0 aliphatic carbocycles. The molecule has 0 bridgehead atoms. The Morgan fingerprint density at radius 3 is 2.35 bits per heavy atom. The Kier molecular flexibility index (Phi) is 8.22. The van der Waals surface area contributed by atoms with Crippen LogP contribution in [0.5, 0.6) is 5.75 Å². The van der Waals surface area contributed by atoms with Crippen LogP contribution in [0.15, 0.2) is 48.5 Å². The highest BCUT2D eigenvalue weighted by Gasteiger charge is 2.28. The molecule has 6 nitrogen and oxygen atoms in total. The van der Waals surface area contributed by atoms with Crippen molar-refractivity contribution in [1.82, 2.24) is 15.1 Å². The zero-order valence-electron chi connectivity index (χ0n) is 20.5. The van der Waals surface area contributed by atoms with E-state index in [4.69, 9.17) is 4.74 Å². The van der Waals surface area contributed by atoms with Gasteiger partial charge in [0, 0.05) is 44.2 Å². The lowest BCUT2D eigenvalue weighted by Gasteiger charge is -2.32. The first-order chi connectivity index (χ1) is 16.5. The maximum absolute atomic E-state index is 12.8. The molecule has 2 amide bonds. The van der Waals surface area contributed by atoms with E-state index in [0.717, 1.165) is 31.3 Å². The van der Waals surface area contributed by atoms with Crippen LogP contribution < -0.4 is 10.1 Å². The lowest BCUT2D eigenvalue weighted by Crippen LogP contribution is -2.45. The molecule has 1 N–H and O–H groups in total. The maximum atomic E-state index is 12.8. The lowest BCUT2D eigenvalue weighted by molar-refractivity contribution is 0.0854. The van der Waals surface area contributed by atoms with E-state index in [1.54, 1.807) is 7.11 Å². The zero-order valence-corrected chi connectivity index (χ0v) is 20.5. The number of nitrogens with one attached hydrogen (secondary N) is 1. The Bertz CT molecular complexity index is 967. The monoisotopic (exact) mass is 463 g/mol. The van der Waals surface area contributed by atoms with Crippen molar-refractivity contribution in [2.45, 2.75) is 45.7 Å². The van der Waals surface area contributed by atoms with Gasteiger partial charge < -0.3 is 15.0 Å². The van der Waals surface area contributed by atoms with E-state index in [2.05, 4.69) is 35.3 Å². The summed E-state index contributed by atoms with van der Waals surface area (Å²) in [4.78, 5) is 30.0. The van der Waals surface area contributed by atoms with Crippen LogP contribution in [0, 0.1) is 11.8 Å². The Balaban J connectivity index is 1.26. The minimum absolute atomic E-state index is 0.0369. The quantitative estimate of drug-likeness (QED) is 0.603. The third-order valence-electron chi connectivity index (χ3n) is 7.21. The standard InChI is InChI=1S/C28H37N3O3/c1-21-6-5-15-30(19-21)20-25-8-4-3-7-24(25)18-29-28(33)31-16-13-23(14-17-31)27(32)22-9-11-26(34-2)12-10-22/h3-4,7-12,21,23H,5-6,13-20H2,1-2H3,(H,29,33). The Labute approximate surface area is 203 Å². The molecule has 1 atom stereocenters. The first-order valence-electron chi connectivity index (χ1n) is 12.5. The number of piperidine rings is 2. The Morgan fingerprint density at radius 2 is 1.68 bits per heavy atom. The summed E-state index contributed by atoms with van der Waals surface area (Å²) in [6.07, 6.45) is 3.97. The SMILES string of the molecule is COc1ccc(C(=O)C2CCN(C(=O)NCc3ccccc3CN3CCCC(C)C3)CC2)cc1. The van der Waals surface area contributed by atoms with Crippen molar-refractivity contribution in [3.8, 4) is 5.75 Å². The molecule has 2 aliphatic heterocycles. The van der Waals surface area contributed by atoms with Crippen LogP contribution in [0.1, 0.15) is 54.1 Å². The van der Waals surface area contributed by atoms with Gasteiger partial charge in [-0.05, 0) is 73.5 Å². The van der Waals surface area contributed by atoms with Crippen molar-refractivity contribution in [3.63, 3.8) is 0 Å². The summed E-state index contributed by atoms with van der Waals surface area (Å²) < 4.78 is 5.17. The van der Waals surface area contributed by atoms with Gasteiger partial charge in [-0.3, -0.25) is 9.69 Å². The second-order valence-electron chi connectivity index (χ2n) is 9.76. The Morgan fingerprint density at radius 1 is 0.971 bits per heavy atom. The van der Waals surface area contributed by atoms with Gasteiger partial charge in [-0.25, -0.2) is 4.79 Å². The number of benzene rings is 2. The topological polar surface area (TPSA) is 61.9 Å². The molecule has 2 saturated heterocycles. The fourth-order valence-electron chi connectivity index (χ4n) is 5.17. The number of urea groups is 1. The van der Waals surface area contributed by atoms with E-state index < -0.39 is 0 Å². The number of ketones is 1. The van der Waals surface area contributed by atoms with Gasteiger partial charge in [0.15, 0.2) is 5.78 Å². The minimum Gasteiger partial charge on any atom is -0.497 e. The summed E-state index contributed by atoms with van der Waals surface area (Å²) in [5.74, 6) is 1.61. The summed E-state index contributed by atoms with van der Waals surface area (Å²) >= 11 is 0. The number of Topliss-reactive ketones (excluding diaryl/α,β-unsaturated/α-hetero) is 1. The van der Waals surface area contributed by atoms with Crippen molar-refractivity contribution in [1.29, 1.82) is 0 Å². The number of nitrogens with zero attached hydrogens (tertiary/aromatic N) is 2. The summed E-state index contributed by atoms with van der Waals surface area (Å²) in [5, 5.41) is 3.11. The molecular weight excluding hydrogens is 426 g/mol. The van der Waals surface area contributed by atoms with Crippen LogP contribution >= 0.6 is 0 Å². The largest absolute Gasteiger partial charge is 0.497 e. The number of methoxy groups -OCH3 is 1. The molecule has 182 valence electrons. The lowest BCUT2D eigenvalue weighted by atomic mass is 9.89. The van der Waals surface area contributed by atoms with Crippen LogP contribution in [0.4, 0.5) is 4.79 Å². The minimum atomic E-state index is -0.0447. The van der Waals surface area contributed by atoms with Gasteiger partial charge in [0.05, 0.1) is 7.11 Å². The first-order valence-corrected chi connectivity index (χ1v) is 12.5. The maximum Gasteiger partial charge on any atom is 0.317 e. The van der Waals surface area contributed by atoms with Gasteiger partial charge in [0.25, 0.3) is 0 Å². The highest BCUT2D eigenvalue weighted by atomic mass is 16.5. The molecular formula is C28H37N3O3. The molecule has 34 heavy (non-hydrogen) atoms. The number of amides is 2. The zero-order chi connectivity index (χ0) is 23.9. The third kappa shape index (κ3) is 6.17. The number of rotatable bonds is 7. The number of hydrogen-bond acceptors (Lipinski definition) is 4. The van der Waals surface area contributed by atoms with Crippen LogP contribution in [0.3, 0.4) is 0 Å². The molecule has 2 aromatic rings. The molecule has 1 unspecified atom stereocenters. The summed E-state index contributed by atoms with van der Waals surface area (Å²) in [6.45, 7) is 7.29. The number of hydrogen-bond donors (Lipinski definition) is 1. The average molecular weight is 464 g/mol. The summed E-state index contributed by atoms with van der Waals surface area (Å²) in [6, 6.07) is 15.7. The first kappa shape index (κ1) is 24.3. The van der Waals surface area contributed by atoms with Gasteiger partial charge >= 0.3 is 6.03 Å². The van der Waals surface area contributed by atoms with E-state index in [0.29, 0.717) is 38.0 Å². The van der Waals surface area contributed by atoms with Gasteiger partial charge in [-0.15, -0.1) is 0 Å². The van der Waals surface area contributed by atoms with Gasteiger partial charge in [0.2, 0.25) is 0 Å². The number of likely N-dealkylation sites (tertiary alicyclic amines) is 2. The van der Waals surface area contributed by atoms with E-state index in [-0.39, 0.29) is 17.7 Å². The highest BCUT2D eigenvalue weighted by Crippen LogP contribution is 2.24. The van der Waals surface area contributed by atoms with Crippen LogP contribution in [-0.4, -0.2) is 54.9 Å². The van der Waals surface area contributed by atoms with E-state index in [9.17, 15) is 9.59 Å². The van der Waals surface area contributed by atoms with Gasteiger partial charge in [-0.1, -0.05) is 31.2 Å². The molecule has 0 aromatic heterocycles. The predicted octanol–water partition coefficient (Wildman–Crippen LogP) is 4.73. The van der Waals surface area contributed by atoms with Crippen LogP contribution in [-0.2, 0) is 13.1 Å². The van der Waals surface area contributed by atoms with E-state index in [1.165, 1.54) is 24.0 Å². The molecule has 0 saturated carbocycles. The van der Waals surface area contributed by atoms with E-state index in [1.807, 2.05) is 35.2 Å². The van der Waals surface area contributed by atoms with Crippen molar-refractivity contribution < 1.29 is 14.3 Å². The normalized spacial score (nSPS) is 19.6. The summed E-state index contributed by atoms with van der Waals surface area (Å²) in [7, 11) is 1.62. The summed E-state index contributed by atoms with van der Waals surface area (Å²) in [5.41, 5.74) is 3.18.